The molecule has 134 valence electrons. The van der Waals surface area contributed by atoms with Crippen LogP contribution in [0, 0.1) is 6.92 Å². The van der Waals surface area contributed by atoms with Gasteiger partial charge in [-0.3, -0.25) is 9.59 Å². The Morgan fingerprint density at radius 1 is 1.19 bits per heavy atom. The zero-order chi connectivity index (χ0) is 18.8. The Labute approximate surface area is 156 Å². The van der Waals surface area contributed by atoms with E-state index in [2.05, 4.69) is 5.32 Å². The fourth-order valence-corrected chi connectivity index (χ4v) is 3.42. The zero-order valence-electron chi connectivity index (χ0n) is 14.6. The lowest BCUT2D eigenvalue weighted by molar-refractivity contribution is 0.0936. The van der Waals surface area contributed by atoms with Gasteiger partial charge in [0.1, 0.15) is 0 Å². The third-order valence-corrected chi connectivity index (χ3v) is 4.90. The topological polar surface area (TPSA) is 77.1 Å². The molecule has 5 nitrogen and oxygen atoms in total. The number of nitrogen functional groups attached to an aromatic ring is 1. The molecule has 2 aromatic carbocycles. The summed E-state index contributed by atoms with van der Waals surface area (Å²) in [4.78, 5) is 25.5. The van der Waals surface area contributed by atoms with Crippen LogP contribution in [0.25, 0.3) is 10.8 Å². The van der Waals surface area contributed by atoms with Crippen LogP contribution in [0.1, 0.15) is 41.0 Å². The van der Waals surface area contributed by atoms with Gasteiger partial charge in [-0.2, -0.15) is 0 Å². The normalized spacial score (nSPS) is 12.1. The van der Waals surface area contributed by atoms with Gasteiger partial charge in [-0.25, -0.2) is 4.68 Å². The van der Waals surface area contributed by atoms with Gasteiger partial charge in [-0.1, -0.05) is 61.0 Å². The Balaban J connectivity index is 2.12. The molecule has 3 aromatic rings. The van der Waals surface area contributed by atoms with Gasteiger partial charge in [0, 0.05) is 5.39 Å². The third kappa shape index (κ3) is 3.06. The van der Waals surface area contributed by atoms with E-state index in [0.29, 0.717) is 16.6 Å². The van der Waals surface area contributed by atoms with Crippen molar-refractivity contribution in [3.8, 4) is 0 Å². The van der Waals surface area contributed by atoms with Crippen LogP contribution in [0.2, 0.25) is 5.02 Å². The molecule has 1 atom stereocenters. The number of hydrogen-bond donors (Lipinski definition) is 2. The van der Waals surface area contributed by atoms with Gasteiger partial charge in [0.25, 0.3) is 11.5 Å². The van der Waals surface area contributed by atoms with Crippen LogP contribution < -0.4 is 16.7 Å². The number of pyridine rings is 1. The number of carbonyl (C=O) groups is 1. The molecule has 0 fully saturated rings. The van der Waals surface area contributed by atoms with Crippen LogP contribution in [0.15, 0.2) is 53.3 Å². The van der Waals surface area contributed by atoms with Crippen LogP contribution in [0.3, 0.4) is 0 Å². The van der Waals surface area contributed by atoms with Crippen molar-refractivity contribution in [1.29, 1.82) is 0 Å². The van der Waals surface area contributed by atoms with Crippen LogP contribution >= 0.6 is 11.6 Å². The van der Waals surface area contributed by atoms with Gasteiger partial charge < -0.3 is 11.2 Å². The van der Waals surface area contributed by atoms with Crippen molar-refractivity contribution in [2.75, 3.05) is 5.84 Å². The van der Waals surface area contributed by atoms with Gasteiger partial charge >= 0.3 is 0 Å². The number of hydrogen-bond acceptors (Lipinski definition) is 3. The lowest BCUT2D eigenvalue weighted by Crippen LogP contribution is -2.35. The fourth-order valence-electron chi connectivity index (χ4n) is 3.16. The standard InChI is InChI=1S/C20H20ClN3O2/c1-3-16(13-8-5-4-6-9-13)23-19(25)17-12(2)24(22)20(26)18-14(17)10-7-11-15(18)21/h4-11,16H,3,22H2,1-2H3,(H,23,25)/t16-/m0/s1. The van der Waals surface area contributed by atoms with E-state index in [1.54, 1.807) is 25.1 Å². The van der Waals surface area contributed by atoms with Gasteiger partial charge in [0.15, 0.2) is 0 Å². The summed E-state index contributed by atoms with van der Waals surface area (Å²) in [5.74, 6) is 5.61. The molecule has 0 bridgehead atoms. The molecule has 1 amide bonds. The number of amides is 1. The van der Waals surface area contributed by atoms with E-state index >= 15 is 0 Å². The fraction of sp³-hybridized carbons (Fsp3) is 0.200. The molecule has 0 spiro atoms. The van der Waals surface area contributed by atoms with Crippen molar-refractivity contribution < 1.29 is 4.79 Å². The van der Waals surface area contributed by atoms with Crippen LogP contribution in [0.4, 0.5) is 0 Å². The SMILES string of the molecule is CC[C@H](NC(=O)c1c(C)n(N)c(=O)c2c(Cl)cccc12)c1ccccc1. The number of rotatable bonds is 4. The molecule has 0 unspecified atom stereocenters. The van der Waals surface area contributed by atoms with Gasteiger partial charge in [-0.05, 0) is 25.0 Å². The smallest absolute Gasteiger partial charge is 0.278 e. The maximum absolute atomic E-state index is 13.1. The van der Waals surface area contributed by atoms with Gasteiger partial charge in [0.2, 0.25) is 0 Å². The molecule has 0 saturated heterocycles. The highest BCUT2D eigenvalue weighted by molar-refractivity contribution is 6.36. The molecule has 1 aromatic heterocycles. The minimum Gasteiger partial charge on any atom is -0.345 e. The first-order valence-corrected chi connectivity index (χ1v) is 8.78. The van der Waals surface area contributed by atoms with Crippen molar-refractivity contribution in [3.05, 3.63) is 80.7 Å². The van der Waals surface area contributed by atoms with Crippen LogP contribution in [0.5, 0.6) is 0 Å². The summed E-state index contributed by atoms with van der Waals surface area (Å²) in [5, 5.41) is 4.07. The van der Waals surface area contributed by atoms with Crippen LogP contribution in [-0.2, 0) is 0 Å². The first kappa shape index (κ1) is 18.0. The van der Waals surface area contributed by atoms with Gasteiger partial charge in [0.05, 0.1) is 27.7 Å². The molecule has 6 heteroatoms. The van der Waals surface area contributed by atoms with E-state index in [4.69, 9.17) is 17.4 Å². The molecule has 0 aliphatic rings. The number of halogens is 1. The summed E-state index contributed by atoms with van der Waals surface area (Å²) >= 11 is 6.19. The molecule has 0 aliphatic heterocycles. The maximum atomic E-state index is 13.1. The van der Waals surface area contributed by atoms with E-state index in [9.17, 15) is 9.59 Å². The van der Waals surface area contributed by atoms with E-state index in [0.717, 1.165) is 16.7 Å². The molecule has 1 heterocycles. The third-order valence-electron chi connectivity index (χ3n) is 4.58. The Bertz CT molecular complexity index is 1030. The first-order chi connectivity index (χ1) is 12.5. The van der Waals surface area contributed by atoms with E-state index < -0.39 is 5.56 Å². The number of benzene rings is 2. The first-order valence-electron chi connectivity index (χ1n) is 8.40. The number of aromatic nitrogens is 1. The molecular formula is C20H20ClN3O2. The summed E-state index contributed by atoms with van der Waals surface area (Å²) in [6.07, 6.45) is 0.732. The average Bonchev–Trinajstić information content (AvgIpc) is 2.65. The Kier molecular flexibility index (Phi) is 5.00. The summed E-state index contributed by atoms with van der Waals surface area (Å²) in [5.41, 5.74) is 1.35. The zero-order valence-corrected chi connectivity index (χ0v) is 15.4. The second kappa shape index (κ2) is 7.22. The van der Waals surface area contributed by atoms with E-state index in [1.807, 2.05) is 37.3 Å². The molecule has 26 heavy (non-hydrogen) atoms. The molecule has 3 rings (SSSR count). The van der Waals surface area contributed by atoms with Crippen molar-refractivity contribution in [3.63, 3.8) is 0 Å². The summed E-state index contributed by atoms with van der Waals surface area (Å²) in [6, 6.07) is 14.7. The second-order valence-corrected chi connectivity index (χ2v) is 6.55. The largest absolute Gasteiger partial charge is 0.345 e. The Morgan fingerprint density at radius 2 is 1.88 bits per heavy atom. The molecule has 0 saturated carbocycles. The van der Waals surface area contributed by atoms with Crippen molar-refractivity contribution in [2.45, 2.75) is 26.3 Å². The Hall–Kier alpha value is -2.79. The number of nitrogens with one attached hydrogen (secondary N) is 1. The van der Waals surface area contributed by atoms with Gasteiger partial charge in [-0.15, -0.1) is 0 Å². The van der Waals surface area contributed by atoms with E-state index in [1.165, 1.54) is 0 Å². The quantitative estimate of drug-likeness (QED) is 0.690. The van der Waals surface area contributed by atoms with E-state index in [-0.39, 0.29) is 22.4 Å². The highest BCUT2D eigenvalue weighted by atomic mass is 35.5. The monoisotopic (exact) mass is 369 g/mol. The predicted octanol–water partition coefficient (Wildman–Crippen LogP) is 3.56. The molecule has 0 radical (unpaired) electrons. The molecule has 0 aliphatic carbocycles. The van der Waals surface area contributed by atoms with Crippen molar-refractivity contribution in [2.24, 2.45) is 0 Å². The number of nitrogens with two attached hydrogens (primary N) is 1. The second-order valence-electron chi connectivity index (χ2n) is 6.14. The summed E-state index contributed by atoms with van der Waals surface area (Å²) < 4.78 is 0.979. The van der Waals surface area contributed by atoms with Crippen molar-refractivity contribution >= 4 is 28.3 Å². The highest BCUT2D eigenvalue weighted by Crippen LogP contribution is 2.26. The van der Waals surface area contributed by atoms with Crippen molar-refractivity contribution in [1.82, 2.24) is 9.99 Å². The average molecular weight is 370 g/mol. The number of carbonyl (C=O) groups excluding carboxylic acids is 1. The molecule has 3 N–H and O–H groups in total. The predicted molar refractivity (Wildman–Crippen MR) is 105 cm³/mol. The molecular weight excluding hydrogens is 350 g/mol. The minimum atomic E-state index is -0.422. The summed E-state index contributed by atoms with van der Waals surface area (Å²) in [6.45, 7) is 3.66. The summed E-state index contributed by atoms with van der Waals surface area (Å²) in [7, 11) is 0. The van der Waals surface area contributed by atoms with Crippen LogP contribution in [-0.4, -0.2) is 10.6 Å². The Morgan fingerprint density at radius 3 is 2.54 bits per heavy atom. The lowest BCUT2D eigenvalue weighted by atomic mass is 10.0. The lowest BCUT2D eigenvalue weighted by Gasteiger charge is -2.20. The highest BCUT2D eigenvalue weighted by Gasteiger charge is 2.22. The maximum Gasteiger partial charge on any atom is 0.278 e. The number of nitrogens with zero attached hydrogens (tertiary/aromatic N) is 1. The number of fused-ring (bicyclic) bond motifs is 1. The minimum absolute atomic E-state index is 0.143.